The zero-order valence-corrected chi connectivity index (χ0v) is 9.89. The first-order chi connectivity index (χ1) is 7.76. The Morgan fingerprint density at radius 1 is 1.69 bits per heavy atom. The van der Waals surface area contributed by atoms with Gasteiger partial charge in [-0.2, -0.15) is 0 Å². The molecular formula is C11H14N2O2S. The van der Waals surface area contributed by atoms with Gasteiger partial charge in [-0.15, -0.1) is 11.3 Å². The van der Waals surface area contributed by atoms with Crippen molar-refractivity contribution in [1.29, 1.82) is 0 Å². The molecular weight excluding hydrogens is 224 g/mol. The van der Waals surface area contributed by atoms with Crippen LogP contribution in [0.2, 0.25) is 0 Å². The molecule has 4 nitrogen and oxygen atoms in total. The number of nitrogens with one attached hydrogen (secondary N) is 1. The van der Waals surface area contributed by atoms with Crippen LogP contribution in [0.4, 0.5) is 4.79 Å². The van der Waals surface area contributed by atoms with Gasteiger partial charge in [0.05, 0.1) is 19.7 Å². The Balaban J connectivity index is 2.43. The molecule has 1 heterocycles. The molecule has 0 unspecified atom stereocenters. The standard InChI is InChI=1S/C11H14N2O2S/c1-2-15-11(14)13-7-10-6-9(8-16-10)4-3-5-12/h6,8H,2,5,7,12H2,1H3,(H,13,14). The number of carbonyl (C=O) groups is 1. The third-order valence-electron chi connectivity index (χ3n) is 1.67. The molecule has 0 aliphatic heterocycles. The van der Waals surface area contributed by atoms with Crippen LogP contribution in [0.15, 0.2) is 11.4 Å². The molecule has 5 heteroatoms. The summed E-state index contributed by atoms with van der Waals surface area (Å²) in [6.45, 7) is 2.97. The van der Waals surface area contributed by atoms with Gasteiger partial charge in [-0.05, 0) is 13.0 Å². The predicted octanol–water partition coefficient (Wildman–Crippen LogP) is 1.30. The Morgan fingerprint density at radius 2 is 2.50 bits per heavy atom. The average molecular weight is 238 g/mol. The maximum Gasteiger partial charge on any atom is 0.407 e. The molecule has 0 aliphatic rings. The summed E-state index contributed by atoms with van der Waals surface area (Å²) in [5.74, 6) is 5.70. The monoisotopic (exact) mass is 238 g/mol. The molecule has 1 rings (SSSR count). The van der Waals surface area contributed by atoms with Crippen LogP contribution in [0, 0.1) is 11.8 Å². The van der Waals surface area contributed by atoms with Crippen LogP contribution >= 0.6 is 11.3 Å². The Morgan fingerprint density at radius 3 is 3.19 bits per heavy atom. The smallest absolute Gasteiger partial charge is 0.407 e. The van der Waals surface area contributed by atoms with E-state index in [1.54, 1.807) is 18.3 Å². The van der Waals surface area contributed by atoms with Crippen LogP contribution in [0.25, 0.3) is 0 Å². The normalized spacial score (nSPS) is 9.12. The molecule has 0 atom stereocenters. The lowest BCUT2D eigenvalue weighted by Gasteiger charge is -2.02. The lowest BCUT2D eigenvalue weighted by atomic mass is 10.3. The first kappa shape index (κ1) is 12.6. The highest BCUT2D eigenvalue weighted by molar-refractivity contribution is 7.10. The second-order valence-corrected chi connectivity index (χ2v) is 3.88. The van der Waals surface area contributed by atoms with Crippen molar-refractivity contribution in [3.63, 3.8) is 0 Å². The second kappa shape index (κ2) is 6.88. The van der Waals surface area contributed by atoms with Gasteiger partial charge in [-0.1, -0.05) is 11.8 Å². The molecule has 1 amide bonds. The Kier molecular flexibility index (Phi) is 5.40. The fourth-order valence-corrected chi connectivity index (χ4v) is 1.79. The highest BCUT2D eigenvalue weighted by Crippen LogP contribution is 2.13. The van der Waals surface area contributed by atoms with Gasteiger partial charge in [0.2, 0.25) is 0 Å². The molecule has 0 saturated carbocycles. The van der Waals surface area contributed by atoms with Crippen LogP contribution in [0.5, 0.6) is 0 Å². The van der Waals surface area contributed by atoms with E-state index >= 15 is 0 Å². The molecule has 0 aliphatic carbocycles. The molecule has 1 aromatic rings. The molecule has 86 valence electrons. The van der Waals surface area contributed by atoms with E-state index in [-0.39, 0.29) is 0 Å². The third-order valence-corrected chi connectivity index (χ3v) is 2.61. The minimum absolute atomic E-state index is 0.353. The SMILES string of the molecule is CCOC(=O)NCc1cc(C#CCN)cs1. The number of alkyl carbamates (subject to hydrolysis) is 1. The van der Waals surface area contributed by atoms with Gasteiger partial charge in [0.25, 0.3) is 0 Å². The van der Waals surface area contributed by atoms with Gasteiger partial charge < -0.3 is 15.8 Å². The molecule has 0 saturated heterocycles. The van der Waals surface area contributed by atoms with Crippen molar-refractivity contribution in [3.8, 4) is 11.8 Å². The van der Waals surface area contributed by atoms with Crippen molar-refractivity contribution in [1.82, 2.24) is 5.32 Å². The summed E-state index contributed by atoms with van der Waals surface area (Å²) < 4.78 is 4.75. The third kappa shape index (κ3) is 4.34. The summed E-state index contributed by atoms with van der Waals surface area (Å²) in [5, 5.41) is 4.58. The maximum absolute atomic E-state index is 11.0. The predicted molar refractivity (Wildman–Crippen MR) is 64.1 cm³/mol. The molecule has 3 N–H and O–H groups in total. The number of amides is 1. The molecule has 16 heavy (non-hydrogen) atoms. The first-order valence-corrected chi connectivity index (χ1v) is 5.81. The minimum atomic E-state index is -0.398. The quantitative estimate of drug-likeness (QED) is 0.780. The fourth-order valence-electron chi connectivity index (χ4n) is 1.03. The van der Waals surface area contributed by atoms with Gasteiger partial charge in [0.15, 0.2) is 0 Å². The van der Waals surface area contributed by atoms with E-state index in [1.165, 1.54) is 0 Å². The minimum Gasteiger partial charge on any atom is -0.450 e. The summed E-state index contributed by atoms with van der Waals surface area (Å²) in [6, 6.07) is 1.93. The lowest BCUT2D eigenvalue weighted by molar-refractivity contribution is 0.152. The van der Waals surface area contributed by atoms with E-state index < -0.39 is 6.09 Å². The van der Waals surface area contributed by atoms with Crippen LogP contribution in [-0.2, 0) is 11.3 Å². The highest BCUT2D eigenvalue weighted by atomic mass is 32.1. The summed E-state index contributed by atoms with van der Waals surface area (Å²) in [7, 11) is 0. The lowest BCUT2D eigenvalue weighted by Crippen LogP contribution is -2.23. The number of ether oxygens (including phenoxy) is 1. The van der Waals surface area contributed by atoms with Crippen LogP contribution in [-0.4, -0.2) is 19.2 Å². The van der Waals surface area contributed by atoms with Gasteiger partial charge in [0.1, 0.15) is 0 Å². The molecule has 0 aromatic carbocycles. The maximum atomic E-state index is 11.0. The number of rotatable bonds is 3. The number of hydrogen-bond acceptors (Lipinski definition) is 4. The number of thiophene rings is 1. The Hall–Kier alpha value is -1.51. The molecule has 0 bridgehead atoms. The van der Waals surface area contributed by atoms with Crippen molar-refractivity contribution < 1.29 is 9.53 Å². The van der Waals surface area contributed by atoms with Crippen molar-refractivity contribution in [2.75, 3.05) is 13.2 Å². The number of nitrogens with two attached hydrogens (primary N) is 1. The van der Waals surface area contributed by atoms with Gasteiger partial charge >= 0.3 is 6.09 Å². The van der Waals surface area contributed by atoms with Crippen LogP contribution in [0.1, 0.15) is 17.4 Å². The Bertz CT molecular complexity index is 404. The zero-order chi connectivity index (χ0) is 11.8. The van der Waals surface area contributed by atoms with Gasteiger partial charge in [-0.25, -0.2) is 4.79 Å². The number of hydrogen-bond donors (Lipinski definition) is 2. The van der Waals surface area contributed by atoms with E-state index in [1.807, 2.05) is 11.4 Å². The molecule has 1 aromatic heterocycles. The Labute approximate surface area is 98.8 Å². The van der Waals surface area contributed by atoms with E-state index in [4.69, 9.17) is 10.5 Å². The summed E-state index contributed by atoms with van der Waals surface area (Å²) >= 11 is 1.55. The van der Waals surface area contributed by atoms with Crippen molar-refractivity contribution in [3.05, 3.63) is 21.9 Å². The van der Waals surface area contributed by atoms with Crippen molar-refractivity contribution >= 4 is 17.4 Å². The van der Waals surface area contributed by atoms with Gasteiger partial charge in [-0.3, -0.25) is 0 Å². The zero-order valence-electron chi connectivity index (χ0n) is 9.08. The van der Waals surface area contributed by atoms with E-state index in [0.29, 0.717) is 19.7 Å². The summed E-state index contributed by atoms with van der Waals surface area (Å²) in [6.07, 6.45) is -0.398. The van der Waals surface area contributed by atoms with Crippen molar-refractivity contribution in [2.24, 2.45) is 5.73 Å². The topological polar surface area (TPSA) is 64.3 Å². The molecule has 0 fully saturated rings. The molecule has 0 radical (unpaired) electrons. The van der Waals surface area contributed by atoms with Gasteiger partial charge in [0, 0.05) is 15.8 Å². The summed E-state index contributed by atoms with van der Waals surface area (Å²) in [4.78, 5) is 12.1. The first-order valence-electron chi connectivity index (χ1n) is 4.93. The molecule has 0 spiro atoms. The second-order valence-electron chi connectivity index (χ2n) is 2.88. The van der Waals surface area contributed by atoms with Crippen molar-refractivity contribution in [2.45, 2.75) is 13.5 Å². The number of carbonyl (C=O) groups excluding carboxylic acids is 1. The van der Waals surface area contributed by atoms with E-state index in [9.17, 15) is 4.79 Å². The van der Waals surface area contributed by atoms with E-state index in [2.05, 4.69) is 17.2 Å². The average Bonchev–Trinajstić information content (AvgIpc) is 2.72. The summed E-state index contributed by atoms with van der Waals surface area (Å²) in [5.41, 5.74) is 6.20. The van der Waals surface area contributed by atoms with Crippen LogP contribution < -0.4 is 11.1 Å². The highest BCUT2D eigenvalue weighted by Gasteiger charge is 2.02. The fraction of sp³-hybridized carbons (Fsp3) is 0.364. The van der Waals surface area contributed by atoms with Crippen LogP contribution in [0.3, 0.4) is 0 Å². The van der Waals surface area contributed by atoms with E-state index in [0.717, 1.165) is 10.4 Å². The largest absolute Gasteiger partial charge is 0.450 e.